The Bertz CT molecular complexity index is 1380. The van der Waals surface area contributed by atoms with Crippen LogP contribution in [0, 0.1) is 32.1 Å². The number of halogens is 1. The number of amides is 1. The third kappa shape index (κ3) is 4.60. The van der Waals surface area contributed by atoms with Crippen LogP contribution in [0.1, 0.15) is 29.4 Å². The average Bonchev–Trinajstić information content (AvgIpc) is 3.33. The molecule has 0 aliphatic rings. The molecule has 3 aromatic rings. The summed E-state index contributed by atoms with van der Waals surface area (Å²) in [6, 6.07) is 9.39. The molecule has 2 aromatic heterocycles. The number of hydrogen-bond donors (Lipinski definition) is 1. The number of hydrogen-bond acceptors (Lipinski definition) is 7. The molecule has 0 aliphatic carbocycles. The summed E-state index contributed by atoms with van der Waals surface area (Å²) in [4.78, 5) is 16.5. The normalized spacial score (nSPS) is 11.9. The second kappa shape index (κ2) is 9.24. The number of sulfone groups is 1. The number of benzene rings is 1. The van der Waals surface area contributed by atoms with E-state index >= 15 is 0 Å². The van der Waals surface area contributed by atoms with Crippen LogP contribution in [0.3, 0.4) is 0 Å². The minimum absolute atomic E-state index is 0.00296. The van der Waals surface area contributed by atoms with E-state index in [0.717, 1.165) is 34.2 Å². The monoisotopic (exact) mass is 489 g/mol. The summed E-state index contributed by atoms with van der Waals surface area (Å²) < 4.78 is 29.5. The number of aryl methyl sites for hydroxylation is 1. The third-order valence-electron chi connectivity index (χ3n) is 4.90. The summed E-state index contributed by atoms with van der Waals surface area (Å²) in [7, 11) is -3.58. The van der Waals surface area contributed by atoms with Gasteiger partial charge in [-0.2, -0.15) is 14.6 Å². The number of aromatic nitrogens is 3. The molecule has 2 heterocycles. The minimum atomic E-state index is -3.58. The highest BCUT2D eigenvalue weighted by molar-refractivity contribution is 7.91. The average molecular weight is 490 g/mol. The second-order valence-corrected chi connectivity index (χ2v) is 10.3. The Morgan fingerprint density at radius 1 is 1.34 bits per heavy atom. The van der Waals surface area contributed by atoms with Gasteiger partial charge in [-0.1, -0.05) is 24.6 Å². The quantitative estimate of drug-likeness (QED) is 0.408. The van der Waals surface area contributed by atoms with E-state index in [1.807, 2.05) is 55.7 Å². The number of carbonyl (C=O) groups is 1. The van der Waals surface area contributed by atoms with Gasteiger partial charge in [-0.05, 0) is 56.2 Å². The Labute approximate surface area is 195 Å². The first kappa shape index (κ1) is 23.7. The Morgan fingerprint density at radius 3 is 2.72 bits per heavy atom. The van der Waals surface area contributed by atoms with Crippen molar-refractivity contribution in [3.8, 4) is 11.8 Å². The number of anilines is 1. The van der Waals surface area contributed by atoms with Crippen molar-refractivity contribution in [1.29, 1.82) is 5.26 Å². The lowest BCUT2D eigenvalue weighted by molar-refractivity contribution is -0.112. The van der Waals surface area contributed by atoms with Gasteiger partial charge in [0.05, 0.1) is 5.75 Å². The summed E-state index contributed by atoms with van der Waals surface area (Å²) in [5.41, 5.74) is 4.12. The number of rotatable bonds is 6. The summed E-state index contributed by atoms with van der Waals surface area (Å²) in [6.45, 7) is 7.22. The second-order valence-electron chi connectivity index (χ2n) is 6.96. The fourth-order valence-corrected chi connectivity index (χ4v) is 4.88. The number of nitrogens with one attached hydrogen (secondary N) is 1. The Kier molecular flexibility index (Phi) is 6.83. The smallest absolute Gasteiger partial charge is 0.268 e. The lowest BCUT2D eigenvalue weighted by Gasteiger charge is -2.13. The molecule has 0 saturated heterocycles. The fourth-order valence-electron chi connectivity index (χ4n) is 3.13. The van der Waals surface area contributed by atoms with Crippen molar-refractivity contribution in [2.75, 3.05) is 11.1 Å². The molecular weight excluding hydrogens is 470 g/mol. The van der Waals surface area contributed by atoms with Crippen molar-refractivity contribution >= 4 is 50.1 Å². The molecule has 0 spiro atoms. The number of carbonyl (C=O) groups excluding carboxylic acids is 1. The van der Waals surface area contributed by atoms with Crippen molar-refractivity contribution in [3.05, 3.63) is 57.4 Å². The fraction of sp³-hybridized carbons (Fsp3) is 0.238. The van der Waals surface area contributed by atoms with Crippen LogP contribution in [0.4, 0.5) is 5.13 Å². The molecular formula is C21H20ClN5O3S2. The molecule has 32 heavy (non-hydrogen) atoms. The van der Waals surface area contributed by atoms with Crippen LogP contribution < -0.4 is 5.32 Å². The molecule has 0 fully saturated rings. The van der Waals surface area contributed by atoms with Gasteiger partial charge < -0.3 is 4.57 Å². The van der Waals surface area contributed by atoms with E-state index in [0.29, 0.717) is 10.6 Å². The topological polar surface area (TPSA) is 118 Å². The van der Waals surface area contributed by atoms with Gasteiger partial charge in [0.25, 0.3) is 11.1 Å². The van der Waals surface area contributed by atoms with Crippen molar-refractivity contribution in [3.63, 3.8) is 0 Å². The minimum Gasteiger partial charge on any atom is -0.318 e. The SMILES string of the molecule is CCS(=O)(=O)c1nsc(NC(=O)C(C#N)=Cc2cc(C)n(-c3cccc(Cl)c3C)c2C)n1. The zero-order valence-corrected chi connectivity index (χ0v) is 20.2. The molecule has 11 heteroatoms. The van der Waals surface area contributed by atoms with Gasteiger partial charge in [-0.25, -0.2) is 8.42 Å². The van der Waals surface area contributed by atoms with Crippen molar-refractivity contribution in [2.45, 2.75) is 32.9 Å². The van der Waals surface area contributed by atoms with Crippen LogP contribution in [0.5, 0.6) is 0 Å². The van der Waals surface area contributed by atoms with E-state index in [4.69, 9.17) is 11.6 Å². The molecule has 8 nitrogen and oxygen atoms in total. The first-order valence-electron chi connectivity index (χ1n) is 9.53. The zero-order chi connectivity index (χ0) is 23.6. The molecule has 0 radical (unpaired) electrons. The van der Waals surface area contributed by atoms with E-state index in [-0.39, 0.29) is 21.6 Å². The Hall–Kier alpha value is -3.00. The third-order valence-corrected chi connectivity index (χ3v) is 7.56. The molecule has 1 aromatic carbocycles. The largest absolute Gasteiger partial charge is 0.318 e. The number of nitrogens with zero attached hydrogens (tertiary/aromatic N) is 4. The molecule has 1 N–H and O–H groups in total. The molecule has 0 atom stereocenters. The molecule has 0 saturated carbocycles. The molecule has 3 rings (SSSR count). The van der Waals surface area contributed by atoms with E-state index in [1.54, 1.807) is 0 Å². The molecule has 0 aliphatic heterocycles. The lowest BCUT2D eigenvalue weighted by Crippen LogP contribution is -2.14. The number of nitriles is 1. The first-order valence-corrected chi connectivity index (χ1v) is 12.3. The van der Waals surface area contributed by atoms with Crippen LogP contribution >= 0.6 is 23.1 Å². The van der Waals surface area contributed by atoms with Gasteiger partial charge >= 0.3 is 0 Å². The van der Waals surface area contributed by atoms with Gasteiger partial charge in [0.2, 0.25) is 15.0 Å². The molecule has 0 bridgehead atoms. The Morgan fingerprint density at radius 2 is 2.06 bits per heavy atom. The standard InChI is InChI=1S/C21H20ClN5O3S2/c1-5-32(29,30)21-25-20(31-26-21)24-19(28)16(11-23)10-15-9-12(2)27(14(15)4)18-8-6-7-17(22)13(18)3/h6-10H,5H2,1-4H3,(H,24,25,26,28). The van der Waals surface area contributed by atoms with Gasteiger partial charge in [-0.15, -0.1) is 0 Å². The van der Waals surface area contributed by atoms with Crippen LogP contribution in [0.2, 0.25) is 5.02 Å². The predicted molar refractivity (Wildman–Crippen MR) is 125 cm³/mol. The van der Waals surface area contributed by atoms with E-state index in [1.165, 1.54) is 13.0 Å². The van der Waals surface area contributed by atoms with Crippen LogP contribution in [-0.2, 0) is 14.6 Å². The highest BCUT2D eigenvalue weighted by atomic mass is 35.5. The van der Waals surface area contributed by atoms with E-state index < -0.39 is 15.7 Å². The zero-order valence-electron chi connectivity index (χ0n) is 17.8. The van der Waals surface area contributed by atoms with Crippen molar-refractivity contribution in [1.82, 2.24) is 13.9 Å². The van der Waals surface area contributed by atoms with Crippen LogP contribution in [0.25, 0.3) is 11.8 Å². The maximum Gasteiger partial charge on any atom is 0.268 e. The highest BCUT2D eigenvalue weighted by Gasteiger charge is 2.20. The van der Waals surface area contributed by atoms with Gasteiger partial charge in [0, 0.05) is 33.6 Å². The summed E-state index contributed by atoms with van der Waals surface area (Å²) in [5.74, 6) is -0.852. The maximum atomic E-state index is 12.6. The highest BCUT2D eigenvalue weighted by Crippen LogP contribution is 2.28. The molecule has 166 valence electrons. The molecule has 1 amide bonds. The van der Waals surface area contributed by atoms with Crippen LogP contribution in [0.15, 0.2) is 35.0 Å². The molecule has 0 unspecified atom stereocenters. The Balaban J connectivity index is 1.93. The van der Waals surface area contributed by atoms with Crippen molar-refractivity contribution in [2.24, 2.45) is 0 Å². The van der Waals surface area contributed by atoms with Gasteiger partial charge in [0.1, 0.15) is 11.6 Å². The van der Waals surface area contributed by atoms with Gasteiger partial charge in [0.15, 0.2) is 0 Å². The summed E-state index contributed by atoms with van der Waals surface area (Å²) in [5, 5.41) is 12.3. The van der Waals surface area contributed by atoms with Crippen molar-refractivity contribution < 1.29 is 13.2 Å². The van der Waals surface area contributed by atoms with Gasteiger partial charge in [-0.3, -0.25) is 10.1 Å². The van der Waals surface area contributed by atoms with Crippen LogP contribution in [-0.4, -0.2) is 34.0 Å². The summed E-state index contributed by atoms with van der Waals surface area (Å²) in [6.07, 6.45) is 1.48. The maximum absolute atomic E-state index is 12.6. The van der Waals surface area contributed by atoms with E-state index in [9.17, 15) is 18.5 Å². The lowest BCUT2D eigenvalue weighted by atomic mass is 10.1. The van der Waals surface area contributed by atoms with E-state index in [2.05, 4.69) is 14.7 Å². The first-order chi connectivity index (χ1) is 15.1. The summed E-state index contributed by atoms with van der Waals surface area (Å²) >= 11 is 7.01. The predicted octanol–water partition coefficient (Wildman–Crippen LogP) is 4.25.